The molecular weight excluding hydrogens is 342 g/mol. The number of anilines is 1. The molecule has 3 aromatic rings. The summed E-state index contributed by atoms with van der Waals surface area (Å²) < 4.78 is 5.03. The van der Waals surface area contributed by atoms with Crippen molar-refractivity contribution in [3.63, 3.8) is 0 Å². The average molecular weight is 356 g/mol. The first-order valence-corrected chi connectivity index (χ1v) is 7.83. The fourth-order valence-electron chi connectivity index (χ4n) is 2.11. The second-order valence-electron chi connectivity index (χ2n) is 5.17. The zero-order valence-corrected chi connectivity index (χ0v) is 13.8. The van der Waals surface area contributed by atoms with E-state index < -0.39 is 0 Å². The molecule has 126 valence electrons. The lowest BCUT2D eigenvalue weighted by Gasteiger charge is -2.07. The van der Waals surface area contributed by atoms with Crippen LogP contribution in [0.2, 0.25) is 5.02 Å². The summed E-state index contributed by atoms with van der Waals surface area (Å²) in [5, 5.41) is 5.94. The van der Waals surface area contributed by atoms with E-state index in [0.29, 0.717) is 17.3 Å². The van der Waals surface area contributed by atoms with Crippen LogP contribution >= 0.6 is 11.6 Å². The Hall–Kier alpha value is -3.12. The van der Waals surface area contributed by atoms with E-state index in [-0.39, 0.29) is 23.3 Å². The number of rotatable bonds is 5. The van der Waals surface area contributed by atoms with Crippen LogP contribution < -0.4 is 10.6 Å². The molecule has 0 bridgehead atoms. The first-order chi connectivity index (χ1) is 12.1. The minimum atomic E-state index is -0.321. The van der Waals surface area contributed by atoms with Gasteiger partial charge in [-0.05, 0) is 42.0 Å². The van der Waals surface area contributed by atoms with Crippen LogP contribution in [0.4, 0.5) is 5.69 Å². The molecule has 0 aliphatic heterocycles. The minimum absolute atomic E-state index is 0.241. The van der Waals surface area contributed by atoms with Crippen LogP contribution in [0, 0.1) is 0 Å². The van der Waals surface area contributed by atoms with E-state index >= 15 is 0 Å². The molecule has 7 heteroatoms. The van der Waals surface area contributed by atoms with Gasteiger partial charge in [-0.3, -0.25) is 14.6 Å². The van der Waals surface area contributed by atoms with Crippen molar-refractivity contribution in [3.05, 3.63) is 83.0 Å². The van der Waals surface area contributed by atoms with Gasteiger partial charge < -0.3 is 15.1 Å². The monoisotopic (exact) mass is 355 g/mol. The maximum absolute atomic E-state index is 12.0. The van der Waals surface area contributed by atoms with E-state index in [2.05, 4.69) is 15.6 Å². The summed E-state index contributed by atoms with van der Waals surface area (Å²) in [5.74, 6) is -0.388. The topological polar surface area (TPSA) is 84.2 Å². The van der Waals surface area contributed by atoms with Crippen LogP contribution in [0.25, 0.3) is 0 Å². The Morgan fingerprint density at radius 2 is 1.88 bits per heavy atom. The highest BCUT2D eigenvalue weighted by Gasteiger charge is 2.09. The van der Waals surface area contributed by atoms with Crippen LogP contribution in [-0.4, -0.2) is 16.8 Å². The predicted octanol–water partition coefficient (Wildman–Crippen LogP) is 3.51. The van der Waals surface area contributed by atoms with Crippen LogP contribution in [0.1, 0.15) is 26.6 Å². The number of nitrogens with zero attached hydrogens (tertiary/aromatic N) is 1. The van der Waals surface area contributed by atoms with Crippen molar-refractivity contribution < 1.29 is 14.0 Å². The van der Waals surface area contributed by atoms with E-state index in [0.717, 1.165) is 5.56 Å². The van der Waals surface area contributed by atoms with Gasteiger partial charge in [0.15, 0.2) is 5.76 Å². The molecule has 25 heavy (non-hydrogen) atoms. The van der Waals surface area contributed by atoms with E-state index in [9.17, 15) is 9.59 Å². The van der Waals surface area contributed by atoms with Gasteiger partial charge in [-0.1, -0.05) is 23.7 Å². The molecule has 0 atom stereocenters. The maximum atomic E-state index is 12.0. The summed E-state index contributed by atoms with van der Waals surface area (Å²) in [6.07, 6.45) is 2.92. The molecule has 1 aromatic carbocycles. The van der Waals surface area contributed by atoms with E-state index in [1.54, 1.807) is 30.3 Å². The highest BCUT2D eigenvalue weighted by Crippen LogP contribution is 2.12. The van der Waals surface area contributed by atoms with Crippen molar-refractivity contribution in [2.24, 2.45) is 0 Å². The molecule has 0 fully saturated rings. The third kappa shape index (κ3) is 4.45. The van der Waals surface area contributed by atoms with Gasteiger partial charge in [0, 0.05) is 23.5 Å². The quantitative estimate of drug-likeness (QED) is 0.733. The van der Waals surface area contributed by atoms with Crippen LogP contribution in [-0.2, 0) is 6.54 Å². The summed E-state index contributed by atoms with van der Waals surface area (Å²) in [6, 6.07) is 13.5. The fourth-order valence-corrected chi connectivity index (χ4v) is 2.27. The van der Waals surface area contributed by atoms with Gasteiger partial charge in [0.25, 0.3) is 11.8 Å². The number of halogens is 1. The Bertz CT molecular complexity index is 877. The fraction of sp³-hybridized carbons (Fsp3) is 0.0556. The van der Waals surface area contributed by atoms with Crippen LogP contribution in [0.3, 0.4) is 0 Å². The number of carbonyl (C=O) groups is 2. The Labute approximate surface area is 148 Å². The smallest absolute Gasteiger partial charge is 0.291 e. The number of hydrogen-bond donors (Lipinski definition) is 2. The number of amides is 2. The largest absolute Gasteiger partial charge is 0.459 e. The van der Waals surface area contributed by atoms with Crippen molar-refractivity contribution in [2.45, 2.75) is 6.54 Å². The number of carbonyl (C=O) groups excluding carboxylic acids is 2. The molecule has 0 saturated carbocycles. The van der Waals surface area contributed by atoms with Gasteiger partial charge in [-0.25, -0.2) is 0 Å². The molecule has 6 nitrogen and oxygen atoms in total. The molecule has 2 heterocycles. The standard InChI is InChI=1S/C18H14ClN3O3/c19-13-7-8-20-15(10-13)17(23)21-11-12-3-5-14(6-4-12)22-18(24)16-2-1-9-25-16/h1-10H,11H2,(H,21,23)(H,22,24). The maximum Gasteiger partial charge on any atom is 0.291 e. The van der Waals surface area contributed by atoms with Gasteiger partial charge in [-0.2, -0.15) is 0 Å². The number of nitrogens with one attached hydrogen (secondary N) is 2. The number of furan rings is 1. The van der Waals surface area contributed by atoms with Gasteiger partial charge >= 0.3 is 0 Å². The van der Waals surface area contributed by atoms with Crippen molar-refractivity contribution >= 4 is 29.1 Å². The van der Waals surface area contributed by atoms with Gasteiger partial charge in [0.2, 0.25) is 0 Å². The Kier molecular flexibility index (Phi) is 5.11. The number of aromatic nitrogens is 1. The van der Waals surface area contributed by atoms with Crippen LogP contribution in [0.5, 0.6) is 0 Å². The third-order valence-corrected chi connectivity index (χ3v) is 3.60. The molecule has 2 N–H and O–H groups in total. The summed E-state index contributed by atoms with van der Waals surface area (Å²) in [4.78, 5) is 27.9. The molecule has 2 aromatic heterocycles. The Balaban J connectivity index is 1.56. The molecule has 2 amide bonds. The lowest BCUT2D eigenvalue weighted by molar-refractivity contribution is 0.0945. The van der Waals surface area contributed by atoms with E-state index in [1.165, 1.54) is 18.5 Å². The first kappa shape index (κ1) is 16.7. The van der Waals surface area contributed by atoms with Gasteiger partial charge in [0.05, 0.1) is 6.26 Å². The predicted molar refractivity (Wildman–Crippen MR) is 93.5 cm³/mol. The lowest BCUT2D eigenvalue weighted by atomic mass is 10.2. The van der Waals surface area contributed by atoms with Gasteiger partial charge in [0.1, 0.15) is 5.69 Å². The molecular formula is C18H14ClN3O3. The normalized spacial score (nSPS) is 10.3. The molecule has 0 saturated heterocycles. The molecule has 0 radical (unpaired) electrons. The Morgan fingerprint density at radius 3 is 2.56 bits per heavy atom. The van der Waals surface area contributed by atoms with Gasteiger partial charge in [-0.15, -0.1) is 0 Å². The lowest BCUT2D eigenvalue weighted by Crippen LogP contribution is -2.23. The first-order valence-electron chi connectivity index (χ1n) is 7.45. The third-order valence-electron chi connectivity index (χ3n) is 3.36. The average Bonchev–Trinajstić information content (AvgIpc) is 3.16. The number of benzene rings is 1. The minimum Gasteiger partial charge on any atom is -0.459 e. The molecule has 0 unspecified atom stereocenters. The number of pyridine rings is 1. The summed E-state index contributed by atoms with van der Waals surface area (Å²) in [5.41, 5.74) is 1.77. The number of hydrogen-bond acceptors (Lipinski definition) is 4. The second kappa shape index (κ2) is 7.63. The molecule has 3 rings (SSSR count). The summed E-state index contributed by atoms with van der Waals surface area (Å²) >= 11 is 5.84. The van der Waals surface area contributed by atoms with Crippen molar-refractivity contribution in [2.75, 3.05) is 5.32 Å². The Morgan fingerprint density at radius 1 is 1.08 bits per heavy atom. The highest BCUT2D eigenvalue weighted by atomic mass is 35.5. The van der Waals surface area contributed by atoms with E-state index in [1.807, 2.05) is 12.1 Å². The zero-order chi connectivity index (χ0) is 17.6. The van der Waals surface area contributed by atoms with Crippen molar-refractivity contribution in [1.82, 2.24) is 10.3 Å². The second-order valence-corrected chi connectivity index (χ2v) is 5.61. The van der Waals surface area contributed by atoms with Crippen molar-refractivity contribution in [3.8, 4) is 0 Å². The van der Waals surface area contributed by atoms with Crippen molar-refractivity contribution in [1.29, 1.82) is 0 Å². The van der Waals surface area contributed by atoms with E-state index in [4.69, 9.17) is 16.0 Å². The SMILES string of the molecule is O=C(NCc1ccc(NC(=O)c2ccco2)cc1)c1cc(Cl)ccn1. The summed E-state index contributed by atoms with van der Waals surface area (Å²) in [6.45, 7) is 0.333. The molecule has 0 aliphatic rings. The summed E-state index contributed by atoms with van der Waals surface area (Å²) in [7, 11) is 0. The molecule has 0 aliphatic carbocycles. The molecule has 0 spiro atoms. The zero-order valence-electron chi connectivity index (χ0n) is 13.0. The van der Waals surface area contributed by atoms with Crippen LogP contribution in [0.15, 0.2) is 65.4 Å². The highest BCUT2D eigenvalue weighted by molar-refractivity contribution is 6.30.